The zero-order chi connectivity index (χ0) is 7.78. The minimum atomic E-state index is -0.325. The van der Waals surface area contributed by atoms with E-state index >= 15 is 0 Å². The van der Waals surface area contributed by atoms with E-state index in [1.54, 1.807) is 0 Å². The van der Waals surface area contributed by atoms with E-state index in [2.05, 4.69) is 4.74 Å². The molecular formula is C7H13NO2. The number of hydrogen-bond acceptors (Lipinski definition) is 3. The molecule has 2 N–H and O–H groups in total. The number of rotatable bonds is 2. The number of carbonyl (C=O) groups excluding carboxylic acids is 1. The molecule has 0 saturated heterocycles. The fourth-order valence-corrected chi connectivity index (χ4v) is 1.18. The summed E-state index contributed by atoms with van der Waals surface area (Å²) in [5.74, 6) is -0.150. The molecule has 1 aliphatic carbocycles. The lowest BCUT2D eigenvalue weighted by Gasteiger charge is -2.15. The molecule has 58 valence electrons. The number of methoxy groups -OCH3 is 1. The van der Waals surface area contributed by atoms with E-state index in [-0.39, 0.29) is 17.4 Å². The molecule has 1 saturated carbocycles. The molecule has 3 heteroatoms. The summed E-state index contributed by atoms with van der Waals surface area (Å²) in [6, 6.07) is -0.0695. The molecule has 1 rings (SSSR count). The summed E-state index contributed by atoms with van der Waals surface area (Å²) >= 11 is 0. The minimum absolute atomic E-state index is 0.0695. The van der Waals surface area contributed by atoms with Crippen LogP contribution in [0, 0.1) is 5.41 Å². The van der Waals surface area contributed by atoms with E-state index in [9.17, 15) is 4.79 Å². The molecule has 0 aliphatic heterocycles. The van der Waals surface area contributed by atoms with Crippen molar-refractivity contribution in [1.29, 1.82) is 0 Å². The van der Waals surface area contributed by atoms with Gasteiger partial charge in [-0.1, -0.05) is 0 Å². The third-order valence-electron chi connectivity index (χ3n) is 2.25. The number of ether oxygens (including phenoxy) is 1. The Balaban J connectivity index is 2.60. The first kappa shape index (κ1) is 7.54. The molecule has 0 radical (unpaired) electrons. The van der Waals surface area contributed by atoms with Crippen LogP contribution in [0.15, 0.2) is 0 Å². The van der Waals surface area contributed by atoms with Gasteiger partial charge in [0.1, 0.15) is 0 Å². The van der Waals surface area contributed by atoms with Crippen LogP contribution in [0.1, 0.15) is 19.8 Å². The standard InChI is InChI=1S/C7H13NO2/c1-5(8)7(3-4-7)6(9)10-2/h5H,3-4,8H2,1-2H3. The van der Waals surface area contributed by atoms with Crippen molar-refractivity contribution >= 4 is 5.97 Å². The van der Waals surface area contributed by atoms with Crippen molar-refractivity contribution in [2.24, 2.45) is 11.1 Å². The van der Waals surface area contributed by atoms with Gasteiger partial charge in [0, 0.05) is 6.04 Å². The summed E-state index contributed by atoms with van der Waals surface area (Å²) in [5, 5.41) is 0. The van der Waals surface area contributed by atoms with Gasteiger partial charge in [0.25, 0.3) is 0 Å². The third kappa shape index (κ3) is 0.904. The second-order valence-corrected chi connectivity index (χ2v) is 2.94. The maximum Gasteiger partial charge on any atom is 0.313 e. The number of hydrogen-bond donors (Lipinski definition) is 1. The molecule has 0 aromatic carbocycles. The molecule has 1 aliphatic rings. The van der Waals surface area contributed by atoms with E-state index < -0.39 is 0 Å². The Morgan fingerprint density at radius 2 is 2.20 bits per heavy atom. The largest absolute Gasteiger partial charge is 0.469 e. The summed E-state index contributed by atoms with van der Waals surface area (Å²) in [6.45, 7) is 1.85. The van der Waals surface area contributed by atoms with E-state index in [0.29, 0.717) is 0 Å². The Bertz CT molecular complexity index is 150. The van der Waals surface area contributed by atoms with Crippen LogP contribution in [-0.4, -0.2) is 19.1 Å². The zero-order valence-electron chi connectivity index (χ0n) is 6.39. The maximum atomic E-state index is 11.0. The van der Waals surface area contributed by atoms with Gasteiger partial charge in [-0.05, 0) is 19.8 Å². The average molecular weight is 143 g/mol. The fraction of sp³-hybridized carbons (Fsp3) is 0.857. The van der Waals surface area contributed by atoms with Crippen LogP contribution in [0.5, 0.6) is 0 Å². The summed E-state index contributed by atoms with van der Waals surface area (Å²) < 4.78 is 4.62. The Hall–Kier alpha value is -0.570. The number of esters is 1. The first-order valence-corrected chi connectivity index (χ1v) is 3.47. The summed E-state index contributed by atoms with van der Waals surface area (Å²) in [6.07, 6.45) is 1.77. The number of nitrogens with two attached hydrogens (primary N) is 1. The van der Waals surface area contributed by atoms with Crippen molar-refractivity contribution in [3.8, 4) is 0 Å². The van der Waals surface area contributed by atoms with E-state index in [1.165, 1.54) is 7.11 Å². The van der Waals surface area contributed by atoms with Gasteiger partial charge in [-0.25, -0.2) is 0 Å². The molecular weight excluding hydrogens is 130 g/mol. The molecule has 3 nitrogen and oxygen atoms in total. The molecule has 0 heterocycles. The Labute approximate surface area is 60.5 Å². The van der Waals surface area contributed by atoms with Gasteiger partial charge in [-0.2, -0.15) is 0 Å². The van der Waals surface area contributed by atoms with Crippen molar-refractivity contribution < 1.29 is 9.53 Å². The Morgan fingerprint density at radius 3 is 2.30 bits per heavy atom. The second kappa shape index (κ2) is 2.23. The van der Waals surface area contributed by atoms with Gasteiger partial charge in [-0.3, -0.25) is 4.79 Å². The topological polar surface area (TPSA) is 52.3 Å². The lowest BCUT2D eigenvalue weighted by Crippen LogP contribution is -2.35. The molecule has 0 amide bonds. The van der Waals surface area contributed by atoms with Gasteiger partial charge in [-0.15, -0.1) is 0 Å². The smallest absolute Gasteiger partial charge is 0.313 e. The summed E-state index contributed by atoms with van der Waals surface area (Å²) in [4.78, 5) is 11.0. The highest BCUT2D eigenvalue weighted by Gasteiger charge is 2.53. The Kier molecular flexibility index (Phi) is 1.68. The van der Waals surface area contributed by atoms with Crippen LogP contribution in [-0.2, 0) is 9.53 Å². The average Bonchev–Trinajstić information content (AvgIpc) is 2.65. The second-order valence-electron chi connectivity index (χ2n) is 2.94. The maximum absolute atomic E-state index is 11.0. The third-order valence-corrected chi connectivity index (χ3v) is 2.25. The van der Waals surface area contributed by atoms with Crippen LogP contribution in [0.25, 0.3) is 0 Å². The van der Waals surface area contributed by atoms with E-state index in [4.69, 9.17) is 5.73 Å². The Morgan fingerprint density at radius 1 is 1.70 bits per heavy atom. The minimum Gasteiger partial charge on any atom is -0.469 e. The van der Waals surface area contributed by atoms with Crippen molar-refractivity contribution in [1.82, 2.24) is 0 Å². The predicted molar refractivity (Wildman–Crippen MR) is 37.3 cm³/mol. The van der Waals surface area contributed by atoms with Crippen molar-refractivity contribution in [2.75, 3.05) is 7.11 Å². The molecule has 0 bridgehead atoms. The summed E-state index contributed by atoms with van der Waals surface area (Å²) in [5.41, 5.74) is 5.28. The van der Waals surface area contributed by atoms with Gasteiger partial charge in [0.2, 0.25) is 0 Å². The van der Waals surface area contributed by atoms with Crippen LogP contribution in [0.2, 0.25) is 0 Å². The highest BCUT2D eigenvalue weighted by Crippen LogP contribution is 2.48. The first-order chi connectivity index (χ1) is 4.63. The van der Waals surface area contributed by atoms with E-state index in [0.717, 1.165) is 12.8 Å². The molecule has 1 atom stereocenters. The van der Waals surface area contributed by atoms with E-state index in [1.807, 2.05) is 6.92 Å². The summed E-state index contributed by atoms with van der Waals surface area (Å²) in [7, 11) is 1.41. The lowest BCUT2D eigenvalue weighted by molar-refractivity contribution is -0.147. The lowest BCUT2D eigenvalue weighted by atomic mass is 9.99. The molecule has 1 fully saturated rings. The highest BCUT2D eigenvalue weighted by atomic mass is 16.5. The molecule has 1 unspecified atom stereocenters. The normalized spacial score (nSPS) is 23.5. The van der Waals surface area contributed by atoms with Gasteiger partial charge < -0.3 is 10.5 Å². The van der Waals surface area contributed by atoms with Crippen molar-refractivity contribution in [3.05, 3.63) is 0 Å². The monoisotopic (exact) mass is 143 g/mol. The molecule has 0 spiro atoms. The SMILES string of the molecule is COC(=O)C1(C(C)N)CC1. The van der Waals surface area contributed by atoms with Gasteiger partial charge in [0.05, 0.1) is 12.5 Å². The fourth-order valence-electron chi connectivity index (χ4n) is 1.18. The van der Waals surface area contributed by atoms with Crippen LogP contribution in [0.4, 0.5) is 0 Å². The number of carbonyl (C=O) groups is 1. The highest BCUT2D eigenvalue weighted by molar-refractivity contribution is 5.80. The quantitative estimate of drug-likeness (QED) is 0.565. The van der Waals surface area contributed by atoms with Gasteiger partial charge >= 0.3 is 5.97 Å². The van der Waals surface area contributed by atoms with Crippen molar-refractivity contribution in [3.63, 3.8) is 0 Å². The molecule has 0 aromatic heterocycles. The van der Waals surface area contributed by atoms with Gasteiger partial charge in [0.15, 0.2) is 0 Å². The molecule has 0 aromatic rings. The van der Waals surface area contributed by atoms with Crippen molar-refractivity contribution in [2.45, 2.75) is 25.8 Å². The zero-order valence-corrected chi connectivity index (χ0v) is 6.39. The predicted octanol–water partition coefficient (Wildman–Crippen LogP) is 0.287. The van der Waals surface area contributed by atoms with Crippen LogP contribution < -0.4 is 5.73 Å². The van der Waals surface area contributed by atoms with Crippen LogP contribution >= 0.6 is 0 Å². The first-order valence-electron chi connectivity index (χ1n) is 3.47. The molecule has 10 heavy (non-hydrogen) atoms. The van der Waals surface area contributed by atoms with Crippen LogP contribution in [0.3, 0.4) is 0 Å².